The Kier molecular flexibility index (Phi) is 5.90. The van der Waals surface area contributed by atoms with Gasteiger partial charge in [0.1, 0.15) is 5.82 Å². The topological polar surface area (TPSA) is 47.0 Å². The number of ether oxygens (including phenoxy) is 1. The Morgan fingerprint density at radius 1 is 1.39 bits per heavy atom. The van der Waals surface area contributed by atoms with Crippen molar-refractivity contribution in [2.24, 2.45) is 0 Å². The summed E-state index contributed by atoms with van der Waals surface area (Å²) in [6, 6.07) is 0. The van der Waals surface area contributed by atoms with E-state index >= 15 is 0 Å². The van der Waals surface area contributed by atoms with Crippen molar-refractivity contribution in [3.8, 4) is 0 Å². The van der Waals surface area contributed by atoms with Gasteiger partial charge in [0, 0.05) is 38.2 Å². The number of methoxy groups -OCH3 is 1. The van der Waals surface area contributed by atoms with Gasteiger partial charge in [0.2, 0.25) is 0 Å². The third kappa shape index (κ3) is 4.23. The number of nitrogens with zero attached hydrogens (tertiary/aromatic N) is 2. The molecule has 2 heterocycles. The molecule has 1 unspecified atom stereocenters. The molecule has 0 spiro atoms. The highest BCUT2D eigenvalue weighted by molar-refractivity contribution is 7.99. The Hall–Kier alpha value is -0.650. The van der Waals surface area contributed by atoms with Gasteiger partial charge in [-0.2, -0.15) is 11.8 Å². The highest BCUT2D eigenvalue weighted by atomic mass is 32.2. The molecular weight excluding hydrogens is 246 g/mol. The first-order valence-electron chi connectivity index (χ1n) is 6.52. The van der Waals surface area contributed by atoms with Gasteiger partial charge in [-0.15, -0.1) is 0 Å². The lowest BCUT2D eigenvalue weighted by Gasteiger charge is -2.19. The zero-order valence-electron chi connectivity index (χ0n) is 10.9. The Balaban J connectivity index is 1.81. The normalized spacial score (nSPS) is 19.9. The van der Waals surface area contributed by atoms with Crippen molar-refractivity contribution < 1.29 is 4.74 Å². The molecule has 0 radical (unpaired) electrons. The molecule has 0 bridgehead atoms. The van der Waals surface area contributed by atoms with Gasteiger partial charge in [-0.1, -0.05) is 6.42 Å². The van der Waals surface area contributed by atoms with E-state index in [1.54, 1.807) is 7.11 Å². The van der Waals surface area contributed by atoms with Crippen LogP contribution in [0.1, 0.15) is 35.9 Å². The highest BCUT2D eigenvalue weighted by Gasteiger charge is 2.18. The lowest BCUT2D eigenvalue weighted by molar-refractivity contribution is 0.199. The minimum absolute atomic E-state index is 0.509. The zero-order valence-corrected chi connectivity index (χ0v) is 11.7. The van der Waals surface area contributed by atoms with Crippen LogP contribution in [0.25, 0.3) is 0 Å². The number of aromatic nitrogens is 2. The summed E-state index contributed by atoms with van der Waals surface area (Å²) in [6.45, 7) is 2.40. The van der Waals surface area contributed by atoms with Gasteiger partial charge < -0.3 is 10.1 Å². The number of rotatable bonds is 6. The van der Waals surface area contributed by atoms with Crippen molar-refractivity contribution >= 4 is 11.8 Å². The van der Waals surface area contributed by atoms with Crippen LogP contribution in [0.3, 0.4) is 0 Å². The first-order chi connectivity index (χ1) is 8.90. The van der Waals surface area contributed by atoms with Crippen LogP contribution in [-0.2, 0) is 11.3 Å². The Labute approximate surface area is 113 Å². The van der Waals surface area contributed by atoms with Crippen LogP contribution >= 0.6 is 11.8 Å². The van der Waals surface area contributed by atoms with E-state index < -0.39 is 0 Å². The van der Waals surface area contributed by atoms with Crippen LogP contribution in [0.5, 0.6) is 0 Å². The van der Waals surface area contributed by atoms with Gasteiger partial charge >= 0.3 is 0 Å². The molecular formula is C13H21N3OS. The molecule has 5 heteroatoms. The summed E-state index contributed by atoms with van der Waals surface area (Å²) >= 11 is 1.99. The standard InChI is InChI=1S/C13H21N3OS/c1-17-6-5-14-8-11-9-15-13(16-10-11)12-4-2-3-7-18-12/h9-10,12,14H,2-8H2,1H3. The summed E-state index contributed by atoms with van der Waals surface area (Å²) in [5, 5.41) is 3.80. The summed E-state index contributed by atoms with van der Waals surface area (Å²) in [5.41, 5.74) is 1.13. The van der Waals surface area contributed by atoms with Crippen LogP contribution in [0.15, 0.2) is 12.4 Å². The molecule has 18 heavy (non-hydrogen) atoms. The molecule has 1 aliphatic rings. The fraction of sp³-hybridized carbons (Fsp3) is 0.692. The van der Waals surface area contributed by atoms with Crippen molar-refractivity contribution in [3.63, 3.8) is 0 Å². The summed E-state index contributed by atoms with van der Waals surface area (Å²) in [6.07, 6.45) is 7.74. The number of hydrogen-bond donors (Lipinski definition) is 1. The van der Waals surface area contributed by atoms with Gasteiger partial charge in [0.25, 0.3) is 0 Å². The predicted octanol–water partition coefficient (Wildman–Crippen LogP) is 2.17. The van der Waals surface area contributed by atoms with E-state index in [4.69, 9.17) is 4.74 Å². The molecule has 0 aromatic carbocycles. The van der Waals surface area contributed by atoms with E-state index in [9.17, 15) is 0 Å². The average Bonchev–Trinajstić information content (AvgIpc) is 2.45. The van der Waals surface area contributed by atoms with Crippen molar-refractivity contribution in [3.05, 3.63) is 23.8 Å². The van der Waals surface area contributed by atoms with E-state index in [1.807, 2.05) is 24.2 Å². The van der Waals surface area contributed by atoms with Gasteiger partial charge in [-0.25, -0.2) is 9.97 Å². The summed E-state index contributed by atoms with van der Waals surface area (Å²) in [7, 11) is 1.71. The summed E-state index contributed by atoms with van der Waals surface area (Å²) < 4.78 is 4.98. The first-order valence-corrected chi connectivity index (χ1v) is 7.57. The van der Waals surface area contributed by atoms with Crippen molar-refractivity contribution in [1.82, 2.24) is 15.3 Å². The Morgan fingerprint density at radius 3 is 2.89 bits per heavy atom. The lowest BCUT2D eigenvalue weighted by Crippen LogP contribution is -2.19. The van der Waals surface area contributed by atoms with E-state index in [-0.39, 0.29) is 0 Å². The van der Waals surface area contributed by atoms with Gasteiger partial charge in [0.15, 0.2) is 0 Å². The third-order valence-electron chi connectivity index (χ3n) is 3.01. The van der Waals surface area contributed by atoms with Crippen LogP contribution in [0, 0.1) is 0 Å². The quantitative estimate of drug-likeness (QED) is 0.800. The summed E-state index contributed by atoms with van der Waals surface area (Å²) in [5.74, 6) is 2.24. The number of hydrogen-bond acceptors (Lipinski definition) is 5. The van der Waals surface area contributed by atoms with Crippen LogP contribution in [-0.4, -0.2) is 36.0 Å². The van der Waals surface area contributed by atoms with E-state index in [0.717, 1.165) is 31.1 Å². The van der Waals surface area contributed by atoms with E-state index in [2.05, 4.69) is 15.3 Å². The molecule has 4 nitrogen and oxygen atoms in total. The molecule has 1 atom stereocenters. The Bertz CT molecular complexity index is 339. The van der Waals surface area contributed by atoms with Crippen LogP contribution in [0.4, 0.5) is 0 Å². The second kappa shape index (κ2) is 7.71. The maximum atomic E-state index is 4.98. The second-order valence-electron chi connectivity index (χ2n) is 4.47. The number of thioether (sulfide) groups is 1. The van der Waals surface area contributed by atoms with Gasteiger partial charge in [0.05, 0.1) is 11.9 Å². The molecule has 0 aliphatic carbocycles. The van der Waals surface area contributed by atoms with Crippen LogP contribution < -0.4 is 5.32 Å². The van der Waals surface area contributed by atoms with Gasteiger partial charge in [-0.05, 0) is 18.6 Å². The maximum absolute atomic E-state index is 4.98. The zero-order chi connectivity index (χ0) is 12.6. The van der Waals surface area contributed by atoms with Crippen LogP contribution in [0.2, 0.25) is 0 Å². The average molecular weight is 267 g/mol. The molecule has 1 aromatic rings. The molecule has 0 saturated carbocycles. The monoisotopic (exact) mass is 267 g/mol. The molecule has 0 amide bonds. The molecule has 100 valence electrons. The highest BCUT2D eigenvalue weighted by Crippen LogP contribution is 2.36. The second-order valence-corrected chi connectivity index (χ2v) is 5.78. The molecule has 2 rings (SSSR count). The minimum Gasteiger partial charge on any atom is -0.383 e. The Morgan fingerprint density at radius 2 is 2.22 bits per heavy atom. The SMILES string of the molecule is COCCNCc1cnc(C2CCCCS2)nc1. The van der Waals surface area contributed by atoms with Gasteiger partial charge in [-0.3, -0.25) is 0 Å². The smallest absolute Gasteiger partial charge is 0.141 e. The molecule has 1 fully saturated rings. The fourth-order valence-corrected chi connectivity index (χ4v) is 3.23. The van der Waals surface area contributed by atoms with Crippen molar-refractivity contribution in [2.45, 2.75) is 31.1 Å². The fourth-order valence-electron chi connectivity index (χ4n) is 1.97. The molecule has 1 saturated heterocycles. The molecule has 1 N–H and O–H groups in total. The van der Waals surface area contributed by atoms with E-state index in [0.29, 0.717) is 5.25 Å². The molecule has 1 aromatic heterocycles. The largest absolute Gasteiger partial charge is 0.383 e. The maximum Gasteiger partial charge on any atom is 0.141 e. The third-order valence-corrected chi connectivity index (χ3v) is 4.38. The van der Waals surface area contributed by atoms with E-state index in [1.165, 1.54) is 25.0 Å². The summed E-state index contributed by atoms with van der Waals surface area (Å²) in [4.78, 5) is 9.00. The first kappa shape index (κ1) is 13.8. The van der Waals surface area contributed by atoms with Crippen molar-refractivity contribution in [2.75, 3.05) is 26.0 Å². The lowest BCUT2D eigenvalue weighted by atomic mass is 10.2. The number of nitrogens with one attached hydrogen (secondary N) is 1. The van der Waals surface area contributed by atoms with Crippen molar-refractivity contribution in [1.29, 1.82) is 0 Å². The molecule has 1 aliphatic heterocycles. The predicted molar refractivity (Wildman–Crippen MR) is 74.7 cm³/mol. The minimum atomic E-state index is 0.509.